The van der Waals surface area contributed by atoms with Crippen molar-refractivity contribution in [2.45, 2.75) is 51.1 Å². The Hall–Kier alpha value is -1.64. The molecule has 0 saturated carbocycles. The van der Waals surface area contributed by atoms with Crippen LogP contribution in [0.3, 0.4) is 0 Å². The molecule has 0 heterocycles. The summed E-state index contributed by atoms with van der Waals surface area (Å²) in [5.41, 5.74) is 5.73. The maximum absolute atomic E-state index is 13.0. The molecule has 6 nitrogen and oxygen atoms in total. The van der Waals surface area contributed by atoms with Crippen LogP contribution in [0.2, 0.25) is 0 Å². The number of ketones is 2. The van der Waals surface area contributed by atoms with E-state index in [-0.39, 0.29) is 23.2 Å². The van der Waals surface area contributed by atoms with E-state index in [4.69, 9.17) is 5.73 Å². The predicted molar refractivity (Wildman–Crippen MR) is 92.8 cm³/mol. The molecular formula is C17H25FN2O4S. The molecule has 0 radical (unpaired) electrons. The van der Waals surface area contributed by atoms with Crippen LogP contribution in [-0.2, 0) is 19.6 Å². The molecule has 8 heteroatoms. The minimum atomic E-state index is -4.08. The Bertz CT molecular complexity index is 715. The van der Waals surface area contributed by atoms with Gasteiger partial charge in [-0.3, -0.25) is 9.59 Å². The van der Waals surface area contributed by atoms with Gasteiger partial charge >= 0.3 is 0 Å². The van der Waals surface area contributed by atoms with Gasteiger partial charge in [-0.1, -0.05) is 27.7 Å². The van der Waals surface area contributed by atoms with Gasteiger partial charge in [0.05, 0.1) is 17.0 Å². The zero-order chi connectivity index (χ0) is 19.4. The predicted octanol–water partition coefficient (Wildman–Crippen LogP) is 1.64. The molecular weight excluding hydrogens is 347 g/mol. The van der Waals surface area contributed by atoms with Crippen LogP contribution in [0.15, 0.2) is 29.2 Å². The fraction of sp³-hybridized carbons (Fsp3) is 0.529. The molecule has 0 aliphatic heterocycles. The van der Waals surface area contributed by atoms with Crippen molar-refractivity contribution < 1.29 is 22.4 Å². The van der Waals surface area contributed by atoms with Gasteiger partial charge in [-0.2, -0.15) is 0 Å². The van der Waals surface area contributed by atoms with Crippen LogP contribution in [-0.4, -0.2) is 32.1 Å². The summed E-state index contributed by atoms with van der Waals surface area (Å²) in [4.78, 5) is 24.5. The summed E-state index contributed by atoms with van der Waals surface area (Å²) in [6.45, 7) is 7.02. The molecule has 1 aromatic carbocycles. The first kappa shape index (κ1) is 21.4. The van der Waals surface area contributed by atoms with Gasteiger partial charge in [0.2, 0.25) is 21.6 Å². The van der Waals surface area contributed by atoms with Gasteiger partial charge in [0.25, 0.3) is 0 Å². The average molecular weight is 372 g/mol. The minimum Gasteiger partial charge on any atom is -0.321 e. The highest BCUT2D eigenvalue weighted by molar-refractivity contribution is 7.89. The van der Waals surface area contributed by atoms with Crippen LogP contribution < -0.4 is 10.5 Å². The van der Waals surface area contributed by atoms with Crippen molar-refractivity contribution in [2.24, 2.45) is 17.6 Å². The van der Waals surface area contributed by atoms with E-state index in [1.165, 1.54) is 0 Å². The number of Topliss-reactive ketones (excluding diaryl/α,β-unsaturated/α-hetero) is 2. The van der Waals surface area contributed by atoms with Crippen LogP contribution in [0.5, 0.6) is 0 Å². The molecule has 0 fully saturated rings. The van der Waals surface area contributed by atoms with Gasteiger partial charge in [-0.25, -0.2) is 17.5 Å². The summed E-state index contributed by atoms with van der Waals surface area (Å²) < 4.78 is 40.1. The Kier molecular flexibility index (Phi) is 7.40. The van der Waals surface area contributed by atoms with E-state index >= 15 is 0 Å². The number of hydrogen-bond donors (Lipinski definition) is 2. The fourth-order valence-electron chi connectivity index (χ4n) is 2.19. The second-order valence-corrected chi connectivity index (χ2v) is 8.47. The first-order valence-electron chi connectivity index (χ1n) is 8.07. The van der Waals surface area contributed by atoms with E-state index in [1.54, 1.807) is 27.7 Å². The highest BCUT2D eigenvalue weighted by atomic mass is 32.2. The molecule has 1 aromatic rings. The second-order valence-electron chi connectivity index (χ2n) is 6.76. The topological polar surface area (TPSA) is 106 Å². The van der Waals surface area contributed by atoms with Crippen molar-refractivity contribution in [1.29, 1.82) is 0 Å². The molecule has 0 amide bonds. The fourth-order valence-corrected chi connectivity index (χ4v) is 3.40. The number of hydrogen-bond acceptors (Lipinski definition) is 5. The molecule has 25 heavy (non-hydrogen) atoms. The van der Waals surface area contributed by atoms with Crippen LogP contribution in [0.1, 0.15) is 34.1 Å². The summed E-state index contributed by atoms with van der Waals surface area (Å²) in [6.07, 6.45) is 0.149. The Morgan fingerprint density at radius 1 is 1.08 bits per heavy atom. The lowest BCUT2D eigenvalue weighted by Crippen LogP contribution is -2.50. The number of halogens is 1. The highest BCUT2D eigenvalue weighted by Crippen LogP contribution is 2.15. The van der Waals surface area contributed by atoms with Gasteiger partial charge in [-0.15, -0.1) is 0 Å². The third kappa shape index (κ3) is 5.98. The van der Waals surface area contributed by atoms with Gasteiger partial charge in [0, 0.05) is 0 Å². The highest BCUT2D eigenvalue weighted by Gasteiger charge is 2.34. The van der Waals surface area contributed by atoms with E-state index in [0.29, 0.717) is 0 Å². The lowest BCUT2D eigenvalue weighted by molar-refractivity contribution is -0.139. The van der Waals surface area contributed by atoms with Crippen molar-refractivity contribution in [3.8, 4) is 0 Å². The number of sulfonamides is 1. The van der Waals surface area contributed by atoms with E-state index in [0.717, 1.165) is 24.3 Å². The number of carbonyl (C=O) groups is 2. The largest absolute Gasteiger partial charge is 0.321 e. The van der Waals surface area contributed by atoms with Gasteiger partial charge in [0.1, 0.15) is 5.82 Å². The summed E-state index contributed by atoms with van der Waals surface area (Å²) >= 11 is 0. The van der Waals surface area contributed by atoms with E-state index in [9.17, 15) is 22.4 Å². The molecule has 0 saturated heterocycles. The Balaban J connectivity index is 3.08. The van der Waals surface area contributed by atoms with E-state index in [2.05, 4.69) is 4.72 Å². The monoisotopic (exact) mass is 372 g/mol. The molecule has 0 unspecified atom stereocenters. The summed E-state index contributed by atoms with van der Waals surface area (Å²) in [7, 11) is -4.08. The van der Waals surface area contributed by atoms with Crippen molar-refractivity contribution in [2.75, 3.05) is 0 Å². The Morgan fingerprint density at radius 3 is 2.04 bits per heavy atom. The molecule has 1 rings (SSSR count). The second kappa shape index (κ2) is 8.64. The SMILES string of the molecule is CC(C)C[C@@H](NS(=O)(=O)c1ccc(F)cc1)C(=O)C(=O)[C@@H](N)C(C)C. The molecule has 3 N–H and O–H groups in total. The zero-order valence-corrected chi connectivity index (χ0v) is 15.6. The van der Waals surface area contributed by atoms with E-state index in [1.807, 2.05) is 0 Å². The molecule has 0 aromatic heterocycles. The van der Waals surface area contributed by atoms with Gasteiger partial charge < -0.3 is 5.73 Å². The minimum absolute atomic E-state index is 0.0343. The lowest BCUT2D eigenvalue weighted by Gasteiger charge is -2.21. The lowest BCUT2D eigenvalue weighted by atomic mass is 9.92. The van der Waals surface area contributed by atoms with Crippen LogP contribution in [0, 0.1) is 17.7 Å². The molecule has 2 atom stereocenters. The smallest absolute Gasteiger partial charge is 0.241 e. The quantitative estimate of drug-likeness (QED) is 0.641. The van der Waals surface area contributed by atoms with Gasteiger partial charge in [0.15, 0.2) is 0 Å². The number of rotatable bonds is 9. The maximum Gasteiger partial charge on any atom is 0.241 e. The molecule has 0 aliphatic carbocycles. The number of nitrogens with one attached hydrogen (secondary N) is 1. The first-order chi connectivity index (χ1) is 11.5. The Labute approximate surface area is 148 Å². The summed E-state index contributed by atoms with van der Waals surface area (Å²) in [6, 6.07) is 2.00. The third-order valence-corrected chi connectivity index (χ3v) is 5.20. The van der Waals surface area contributed by atoms with Crippen molar-refractivity contribution >= 4 is 21.6 Å². The standard InChI is InChI=1S/C17H25FN2O4S/c1-10(2)9-14(16(21)17(22)15(19)11(3)4)20-25(23,24)13-7-5-12(18)6-8-13/h5-8,10-11,14-15,20H,9,19H2,1-4H3/t14-,15+/m1/s1. The van der Waals surface area contributed by atoms with Crippen LogP contribution in [0.25, 0.3) is 0 Å². The number of nitrogens with two attached hydrogens (primary N) is 1. The summed E-state index contributed by atoms with van der Waals surface area (Å²) in [5, 5.41) is 0. The van der Waals surface area contributed by atoms with Crippen LogP contribution >= 0.6 is 0 Å². The molecule has 0 spiro atoms. The number of benzene rings is 1. The van der Waals surface area contributed by atoms with E-state index < -0.39 is 39.5 Å². The first-order valence-corrected chi connectivity index (χ1v) is 9.55. The number of carbonyl (C=O) groups excluding carboxylic acids is 2. The van der Waals surface area contributed by atoms with Crippen molar-refractivity contribution in [3.05, 3.63) is 30.1 Å². The zero-order valence-electron chi connectivity index (χ0n) is 14.8. The average Bonchev–Trinajstić information content (AvgIpc) is 2.51. The molecule has 0 bridgehead atoms. The third-order valence-electron chi connectivity index (χ3n) is 3.71. The van der Waals surface area contributed by atoms with Crippen molar-refractivity contribution in [3.63, 3.8) is 0 Å². The maximum atomic E-state index is 13.0. The normalized spacial score (nSPS) is 14.6. The van der Waals surface area contributed by atoms with Crippen molar-refractivity contribution in [1.82, 2.24) is 4.72 Å². The molecule has 140 valence electrons. The molecule has 0 aliphatic rings. The van der Waals surface area contributed by atoms with Crippen LogP contribution in [0.4, 0.5) is 4.39 Å². The van der Waals surface area contributed by atoms with Gasteiger partial charge in [-0.05, 0) is 42.5 Å². The Morgan fingerprint density at radius 2 is 1.60 bits per heavy atom. The summed E-state index contributed by atoms with van der Waals surface area (Å²) in [5.74, 6) is -2.52.